The highest BCUT2D eigenvalue weighted by Gasteiger charge is 2.39. The topological polar surface area (TPSA) is 97.0 Å². The van der Waals surface area contributed by atoms with E-state index in [-0.39, 0.29) is 61.2 Å². The summed E-state index contributed by atoms with van der Waals surface area (Å²) in [4.78, 5) is 39.9. The molecule has 3 aliphatic rings. The number of likely N-dealkylation sites (N-methyl/N-ethyl adjacent to an activating group) is 1. The van der Waals surface area contributed by atoms with Crippen molar-refractivity contribution < 1.29 is 28.2 Å². The van der Waals surface area contributed by atoms with Crippen LogP contribution in [0.25, 0.3) is 0 Å². The average molecular weight is 510 g/mol. The van der Waals surface area contributed by atoms with Crippen LogP contribution in [0.15, 0.2) is 42.5 Å². The van der Waals surface area contributed by atoms with E-state index < -0.39 is 6.10 Å². The fraction of sp³-hybridized carbons (Fsp3) is 0.464. The summed E-state index contributed by atoms with van der Waals surface area (Å²) < 4.78 is 26.0. The lowest BCUT2D eigenvalue weighted by atomic mass is 9.85. The number of hydrogen-bond donors (Lipinski definition) is 2. The third-order valence-corrected chi connectivity index (χ3v) is 7.60. The minimum Gasteiger partial charge on any atom is -0.490 e. The molecule has 1 aliphatic carbocycles. The first-order chi connectivity index (χ1) is 17.9. The van der Waals surface area contributed by atoms with Crippen molar-refractivity contribution in [1.29, 1.82) is 0 Å². The number of benzene rings is 2. The monoisotopic (exact) mass is 509 g/mol. The number of halogens is 1. The van der Waals surface area contributed by atoms with E-state index >= 15 is 0 Å². The summed E-state index contributed by atoms with van der Waals surface area (Å²) in [5.41, 5.74) is 1.42. The molecular formula is C28H32FN3O5. The van der Waals surface area contributed by atoms with Crippen LogP contribution in [-0.2, 0) is 20.9 Å². The van der Waals surface area contributed by atoms with Crippen LogP contribution in [0.5, 0.6) is 5.75 Å². The lowest BCUT2D eigenvalue weighted by Crippen LogP contribution is -2.53. The van der Waals surface area contributed by atoms with E-state index in [2.05, 4.69) is 10.6 Å². The summed E-state index contributed by atoms with van der Waals surface area (Å²) in [6.45, 7) is 0.348. The fourth-order valence-electron chi connectivity index (χ4n) is 5.13. The molecule has 2 aromatic rings. The molecule has 2 aromatic carbocycles. The number of hydrogen-bond acceptors (Lipinski definition) is 5. The van der Waals surface area contributed by atoms with Gasteiger partial charge in [-0.2, -0.15) is 0 Å². The quantitative estimate of drug-likeness (QED) is 0.620. The highest BCUT2D eigenvalue weighted by molar-refractivity contribution is 6.00. The molecule has 2 heterocycles. The van der Waals surface area contributed by atoms with Gasteiger partial charge in [-0.15, -0.1) is 0 Å². The standard InChI is InChI=1S/C28H32FN3O5/c1-32-23-11-10-20(14-26(33)30-15-18-5-2-3-8-22(18)29)37-25(23)16-36-24-12-9-19(13-21(24)28(32)35)31-27(34)17-6-4-7-17/h2-3,5,8-9,12-13,17,20,23,25H,4,6-7,10-11,14-16H2,1H3,(H,30,33)(H,31,34)/t20-,23-,25+/m1/s1. The maximum Gasteiger partial charge on any atom is 0.257 e. The third-order valence-electron chi connectivity index (χ3n) is 7.60. The number of carbonyl (C=O) groups is 3. The van der Waals surface area contributed by atoms with Crippen molar-refractivity contribution in [2.24, 2.45) is 5.92 Å². The zero-order valence-corrected chi connectivity index (χ0v) is 20.9. The van der Waals surface area contributed by atoms with Crippen LogP contribution in [-0.4, -0.2) is 54.5 Å². The molecule has 1 saturated heterocycles. The van der Waals surface area contributed by atoms with Gasteiger partial charge in [0.2, 0.25) is 11.8 Å². The zero-order valence-electron chi connectivity index (χ0n) is 20.9. The molecule has 2 fully saturated rings. The molecule has 37 heavy (non-hydrogen) atoms. The Bertz CT molecular complexity index is 1180. The predicted octanol–water partition coefficient (Wildman–Crippen LogP) is 3.65. The van der Waals surface area contributed by atoms with Crippen LogP contribution in [0.1, 0.15) is 54.4 Å². The van der Waals surface area contributed by atoms with Gasteiger partial charge < -0.3 is 25.0 Å². The van der Waals surface area contributed by atoms with E-state index in [0.717, 1.165) is 19.3 Å². The minimum absolute atomic E-state index is 0.0107. The van der Waals surface area contributed by atoms with Gasteiger partial charge in [-0.1, -0.05) is 24.6 Å². The van der Waals surface area contributed by atoms with E-state index in [1.807, 2.05) is 0 Å². The molecule has 9 heteroatoms. The Kier molecular flexibility index (Phi) is 7.41. The maximum atomic E-state index is 13.8. The van der Waals surface area contributed by atoms with E-state index in [0.29, 0.717) is 35.4 Å². The molecule has 0 aromatic heterocycles. The van der Waals surface area contributed by atoms with E-state index in [1.165, 1.54) is 6.07 Å². The maximum absolute atomic E-state index is 13.8. The second-order valence-electron chi connectivity index (χ2n) is 10.1. The van der Waals surface area contributed by atoms with Gasteiger partial charge in [0, 0.05) is 30.8 Å². The number of nitrogens with one attached hydrogen (secondary N) is 2. The van der Waals surface area contributed by atoms with Crippen LogP contribution in [0.4, 0.5) is 10.1 Å². The molecular weight excluding hydrogens is 477 g/mol. The van der Waals surface area contributed by atoms with Crippen molar-refractivity contribution >= 4 is 23.4 Å². The van der Waals surface area contributed by atoms with Gasteiger partial charge in [-0.3, -0.25) is 14.4 Å². The van der Waals surface area contributed by atoms with Gasteiger partial charge in [-0.05, 0) is 49.9 Å². The van der Waals surface area contributed by atoms with Gasteiger partial charge >= 0.3 is 0 Å². The Morgan fingerprint density at radius 3 is 2.68 bits per heavy atom. The minimum atomic E-state index is -0.391. The summed E-state index contributed by atoms with van der Waals surface area (Å²) in [7, 11) is 1.75. The number of ether oxygens (including phenoxy) is 2. The van der Waals surface area contributed by atoms with Crippen LogP contribution < -0.4 is 15.4 Å². The third kappa shape index (κ3) is 5.61. The first-order valence-electron chi connectivity index (χ1n) is 12.9. The van der Waals surface area contributed by atoms with Gasteiger partial charge in [0.15, 0.2) is 0 Å². The van der Waals surface area contributed by atoms with Gasteiger partial charge in [0.05, 0.1) is 24.1 Å². The summed E-state index contributed by atoms with van der Waals surface area (Å²) in [5, 5.41) is 5.68. The first kappa shape index (κ1) is 25.2. The van der Waals surface area contributed by atoms with Gasteiger partial charge in [0.25, 0.3) is 5.91 Å². The Balaban J connectivity index is 1.20. The molecule has 2 aliphatic heterocycles. The van der Waals surface area contributed by atoms with E-state index in [1.54, 1.807) is 48.3 Å². The normalized spacial score (nSPS) is 23.5. The summed E-state index contributed by atoms with van der Waals surface area (Å²) in [6, 6.07) is 11.3. The van der Waals surface area contributed by atoms with Crippen molar-refractivity contribution in [3.05, 3.63) is 59.4 Å². The van der Waals surface area contributed by atoms with E-state index in [9.17, 15) is 18.8 Å². The summed E-state index contributed by atoms with van der Waals surface area (Å²) in [5.74, 6) is -0.300. The second kappa shape index (κ2) is 10.9. The lowest BCUT2D eigenvalue weighted by Gasteiger charge is -2.42. The van der Waals surface area contributed by atoms with Crippen LogP contribution in [0.2, 0.25) is 0 Å². The molecule has 2 N–H and O–H groups in total. The Labute approximate surface area is 215 Å². The van der Waals surface area contributed by atoms with Gasteiger partial charge in [-0.25, -0.2) is 4.39 Å². The predicted molar refractivity (Wildman–Crippen MR) is 135 cm³/mol. The second-order valence-corrected chi connectivity index (χ2v) is 10.1. The largest absolute Gasteiger partial charge is 0.490 e. The van der Waals surface area contributed by atoms with Crippen molar-refractivity contribution in [3.8, 4) is 5.75 Å². The van der Waals surface area contributed by atoms with Crippen LogP contribution >= 0.6 is 0 Å². The molecule has 0 unspecified atom stereocenters. The Morgan fingerprint density at radius 1 is 1.11 bits per heavy atom. The number of fused-ring (bicyclic) bond motifs is 2. The molecule has 5 rings (SSSR count). The average Bonchev–Trinajstić information content (AvgIpc) is 2.85. The molecule has 0 spiro atoms. The van der Waals surface area contributed by atoms with Crippen LogP contribution in [0, 0.1) is 11.7 Å². The summed E-state index contributed by atoms with van der Waals surface area (Å²) in [6.07, 6.45) is 3.58. The lowest BCUT2D eigenvalue weighted by molar-refractivity contribution is -0.134. The van der Waals surface area contributed by atoms with Crippen molar-refractivity contribution in [3.63, 3.8) is 0 Å². The number of anilines is 1. The van der Waals surface area contributed by atoms with E-state index in [4.69, 9.17) is 9.47 Å². The first-order valence-corrected chi connectivity index (χ1v) is 12.9. The highest BCUT2D eigenvalue weighted by Crippen LogP contribution is 2.33. The molecule has 1 saturated carbocycles. The number of nitrogens with zero attached hydrogens (tertiary/aromatic N) is 1. The Hall–Kier alpha value is -3.46. The molecule has 3 atom stereocenters. The highest BCUT2D eigenvalue weighted by atomic mass is 19.1. The number of rotatable bonds is 6. The fourth-order valence-corrected chi connectivity index (χ4v) is 5.13. The molecule has 196 valence electrons. The van der Waals surface area contributed by atoms with Gasteiger partial charge in [0.1, 0.15) is 24.3 Å². The number of carbonyl (C=O) groups excluding carboxylic acids is 3. The van der Waals surface area contributed by atoms with Crippen LogP contribution in [0.3, 0.4) is 0 Å². The smallest absolute Gasteiger partial charge is 0.257 e. The molecule has 8 nitrogen and oxygen atoms in total. The number of amides is 3. The molecule has 3 amide bonds. The Morgan fingerprint density at radius 2 is 1.92 bits per heavy atom. The SMILES string of the molecule is CN1C(=O)c2cc(NC(=O)C3CCC3)ccc2OC[C@@H]2O[C@@H](CC(=O)NCc3ccccc3F)CC[C@H]21. The van der Waals surface area contributed by atoms with Crippen molar-refractivity contribution in [1.82, 2.24) is 10.2 Å². The zero-order chi connectivity index (χ0) is 25.9. The molecule has 0 radical (unpaired) electrons. The van der Waals surface area contributed by atoms with Crippen molar-refractivity contribution in [2.75, 3.05) is 19.0 Å². The van der Waals surface area contributed by atoms with Crippen molar-refractivity contribution in [2.45, 2.75) is 63.3 Å². The molecule has 0 bridgehead atoms. The summed E-state index contributed by atoms with van der Waals surface area (Å²) >= 11 is 0.